The summed E-state index contributed by atoms with van der Waals surface area (Å²) in [5.74, 6) is 2.23. The number of aliphatic hydroxyl groups is 1. The van der Waals surface area contributed by atoms with Crippen LogP contribution in [-0.4, -0.2) is 31.1 Å². The Labute approximate surface area is 193 Å². The van der Waals surface area contributed by atoms with Crippen LogP contribution in [-0.2, 0) is 4.79 Å². The zero-order valence-electron chi connectivity index (χ0n) is 20.4. The summed E-state index contributed by atoms with van der Waals surface area (Å²) in [6, 6.07) is 7.11. The van der Waals surface area contributed by atoms with Crippen LogP contribution in [0.3, 0.4) is 0 Å². The van der Waals surface area contributed by atoms with E-state index >= 15 is 0 Å². The van der Waals surface area contributed by atoms with Crippen molar-refractivity contribution in [2.24, 2.45) is 17.3 Å². The molecule has 1 aromatic rings. The van der Waals surface area contributed by atoms with Gasteiger partial charge in [-0.2, -0.15) is 0 Å². The van der Waals surface area contributed by atoms with Crippen LogP contribution in [0.2, 0.25) is 0 Å². The zero-order chi connectivity index (χ0) is 22.8. The van der Waals surface area contributed by atoms with Gasteiger partial charge in [-0.25, -0.2) is 0 Å². The molecule has 2 saturated carbocycles. The van der Waals surface area contributed by atoms with Crippen LogP contribution in [0.25, 0.3) is 0 Å². The number of anilines is 1. The Bertz CT molecular complexity index is 1000. The second-order valence-electron chi connectivity index (χ2n) is 11.5. The summed E-state index contributed by atoms with van der Waals surface area (Å²) < 4.78 is 0. The third-order valence-corrected chi connectivity index (χ3v) is 9.24. The van der Waals surface area contributed by atoms with Crippen molar-refractivity contribution in [3.8, 4) is 0 Å². The van der Waals surface area contributed by atoms with Crippen molar-refractivity contribution >= 4 is 11.5 Å². The van der Waals surface area contributed by atoms with Gasteiger partial charge >= 0.3 is 0 Å². The molecule has 5 rings (SSSR count). The molecule has 172 valence electrons. The smallest absolute Gasteiger partial charge is 0.156 e. The maximum Gasteiger partial charge on any atom is 0.156 e. The lowest BCUT2D eigenvalue weighted by atomic mass is 9.53. The van der Waals surface area contributed by atoms with E-state index in [0.29, 0.717) is 35.9 Å². The van der Waals surface area contributed by atoms with Crippen LogP contribution in [0.5, 0.6) is 0 Å². The molecular formula is C29H39NO2. The molecule has 0 radical (unpaired) electrons. The fourth-order valence-electron chi connectivity index (χ4n) is 7.58. The first-order valence-corrected chi connectivity index (χ1v) is 12.7. The number of fused-ring (bicyclic) bond motifs is 4. The summed E-state index contributed by atoms with van der Waals surface area (Å²) in [5.41, 5.74) is 8.50. The Kier molecular flexibility index (Phi) is 5.40. The van der Waals surface area contributed by atoms with E-state index in [0.717, 1.165) is 38.5 Å². The Hall–Kier alpha value is -1.87. The maximum atomic E-state index is 12.2. The lowest BCUT2D eigenvalue weighted by Crippen LogP contribution is -2.45. The van der Waals surface area contributed by atoms with Crippen LogP contribution < -0.4 is 4.90 Å². The molecule has 0 aromatic heterocycles. The molecule has 0 bridgehead atoms. The standard InChI is InChI=1S/C29H39NO2/c1-17(2)21-9-6-19(15-26(21)30(4)5)24-16-29(3)25(12-13-27(29)32)23-10-7-18-14-20(31)8-11-22(18)28(23)24/h6,9,14-15,17,23-25,27,32H,7-8,10-13,16H2,1-5H3. The first-order valence-electron chi connectivity index (χ1n) is 12.7. The maximum absolute atomic E-state index is 12.2. The highest BCUT2D eigenvalue weighted by atomic mass is 16.3. The molecule has 4 aliphatic rings. The second kappa shape index (κ2) is 7.87. The van der Waals surface area contributed by atoms with Crippen molar-refractivity contribution in [1.29, 1.82) is 0 Å². The normalized spacial score (nSPS) is 34.2. The van der Waals surface area contributed by atoms with Crippen molar-refractivity contribution in [2.45, 2.75) is 83.7 Å². The van der Waals surface area contributed by atoms with Crippen molar-refractivity contribution in [2.75, 3.05) is 19.0 Å². The highest BCUT2D eigenvalue weighted by Crippen LogP contribution is 2.64. The Morgan fingerprint density at radius 2 is 1.88 bits per heavy atom. The van der Waals surface area contributed by atoms with E-state index in [4.69, 9.17) is 0 Å². The molecule has 4 aliphatic carbocycles. The van der Waals surface area contributed by atoms with Gasteiger partial charge in [-0.3, -0.25) is 4.79 Å². The highest BCUT2D eigenvalue weighted by Gasteiger charge is 2.56. The second-order valence-corrected chi connectivity index (χ2v) is 11.5. The summed E-state index contributed by atoms with van der Waals surface area (Å²) in [4.78, 5) is 14.4. The molecule has 5 unspecified atom stereocenters. The Balaban J connectivity index is 1.68. The van der Waals surface area contributed by atoms with Crippen LogP contribution in [0, 0.1) is 17.3 Å². The van der Waals surface area contributed by atoms with E-state index in [2.05, 4.69) is 58.0 Å². The number of ketones is 1. The zero-order valence-corrected chi connectivity index (χ0v) is 20.4. The van der Waals surface area contributed by atoms with Crippen molar-refractivity contribution in [3.63, 3.8) is 0 Å². The molecule has 0 heterocycles. The van der Waals surface area contributed by atoms with E-state index in [9.17, 15) is 9.90 Å². The van der Waals surface area contributed by atoms with Gasteiger partial charge in [0.25, 0.3) is 0 Å². The van der Waals surface area contributed by atoms with Gasteiger partial charge in [-0.1, -0.05) is 38.5 Å². The fourth-order valence-corrected chi connectivity index (χ4v) is 7.58. The molecule has 0 spiro atoms. The topological polar surface area (TPSA) is 40.5 Å². The predicted molar refractivity (Wildman–Crippen MR) is 131 cm³/mol. The molecule has 1 N–H and O–H groups in total. The van der Waals surface area contributed by atoms with Gasteiger partial charge < -0.3 is 10.0 Å². The monoisotopic (exact) mass is 433 g/mol. The van der Waals surface area contributed by atoms with Gasteiger partial charge in [0.2, 0.25) is 0 Å². The Morgan fingerprint density at radius 1 is 1.09 bits per heavy atom. The molecular weight excluding hydrogens is 394 g/mol. The van der Waals surface area contributed by atoms with Crippen LogP contribution in [0.1, 0.15) is 88.7 Å². The molecule has 2 fully saturated rings. The summed E-state index contributed by atoms with van der Waals surface area (Å²) in [5, 5.41) is 11.1. The summed E-state index contributed by atoms with van der Waals surface area (Å²) in [6.07, 6.45) is 8.56. The van der Waals surface area contributed by atoms with Gasteiger partial charge in [0.05, 0.1) is 6.10 Å². The summed E-state index contributed by atoms with van der Waals surface area (Å²) in [6.45, 7) is 6.89. The lowest BCUT2D eigenvalue weighted by Gasteiger charge is -2.52. The Morgan fingerprint density at radius 3 is 2.59 bits per heavy atom. The fraction of sp³-hybridized carbons (Fsp3) is 0.621. The SMILES string of the molecule is CC(C)c1ccc(C2CC3(C)C(O)CCC3C3CCC4=CC(=O)CCC4=C23)cc1N(C)C. The molecule has 0 saturated heterocycles. The number of hydrogen-bond acceptors (Lipinski definition) is 3. The van der Waals surface area contributed by atoms with Gasteiger partial charge in [-0.15, -0.1) is 0 Å². The minimum atomic E-state index is -0.199. The molecule has 3 heteroatoms. The van der Waals surface area contributed by atoms with Gasteiger partial charge in [0.15, 0.2) is 5.78 Å². The van der Waals surface area contributed by atoms with Crippen LogP contribution in [0.4, 0.5) is 5.69 Å². The third-order valence-electron chi connectivity index (χ3n) is 9.24. The van der Waals surface area contributed by atoms with E-state index in [-0.39, 0.29) is 11.5 Å². The third kappa shape index (κ3) is 3.31. The van der Waals surface area contributed by atoms with Crippen LogP contribution in [0.15, 0.2) is 41.0 Å². The average Bonchev–Trinajstić information content (AvgIpc) is 3.06. The van der Waals surface area contributed by atoms with Crippen molar-refractivity contribution < 1.29 is 9.90 Å². The quantitative estimate of drug-likeness (QED) is 0.623. The number of aliphatic hydroxyl groups excluding tert-OH is 1. The number of carbonyl (C=O) groups is 1. The molecule has 32 heavy (non-hydrogen) atoms. The van der Waals surface area contributed by atoms with Crippen molar-refractivity contribution in [1.82, 2.24) is 0 Å². The number of rotatable bonds is 3. The predicted octanol–water partition coefficient (Wildman–Crippen LogP) is 6.14. The first kappa shape index (κ1) is 21.9. The largest absolute Gasteiger partial charge is 0.393 e. The first-order chi connectivity index (χ1) is 15.2. The molecule has 0 aliphatic heterocycles. The molecule has 0 amide bonds. The van der Waals surface area contributed by atoms with E-state index in [1.54, 1.807) is 5.57 Å². The number of hydrogen-bond donors (Lipinski definition) is 1. The van der Waals surface area contributed by atoms with E-state index < -0.39 is 0 Å². The number of carbonyl (C=O) groups excluding carboxylic acids is 1. The average molecular weight is 434 g/mol. The minimum absolute atomic E-state index is 0.0138. The van der Waals surface area contributed by atoms with Crippen molar-refractivity contribution in [3.05, 3.63) is 52.1 Å². The van der Waals surface area contributed by atoms with E-state index in [1.807, 2.05) is 6.08 Å². The molecule has 5 atom stereocenters. The summed E-state index contributed by atoms with van der Waals surface area (Å²) >= 11 is 0. The number of benzene rings is 1. The number of allylic oxidation sites excluding steroid dienone is 4. The lowest BCUT2D eigenvalue weighted by molar-refractivity contribution is -0.114. The van der Waals surface area contributed by atoms with Gasteiger partial charge in [0, 0.05) is 32.1 Å². The molecule has 3 nitrogen and oxygen atoms in total. The van der Waals surface area contributed by atoms with Crippen LogP contribution >= 0.6 is 0 Å². The van der Waals surface area contributed by atoms with E-state index in [1.165, 1.54) is 28.0 Å². The van der Waals surface area contributed by atoms with Gasteiger partial charge in [-0.05, 0) is 96.1 Å². The number of nitrogens with zero attached hydrogens (tertiary/aromatic N) is 1. The highest BCUT2D eigenvalue weighted by molar-refractivity contribution is 5.93. The minimum Gasteiger partial charge on any atom is -0.393 e. The van der Waals surface area contributed by atoms with Gasteiger partial charge in [0.1, 0.15) is 0 Å². The molecule has 1 aromatic carbocycles. The summed E-state index contributed by atoms with van der Waals surface area (Å²) in [7, 11) is 4.28.